The number of rotatable bonds is 2. The van der Waals surface area contributed by atoms with Crippen LogP contribution in [0.15, 0.2) is 45.7 Å². The van der Waals surface area contributed by atoms with Crippen molar-refractivity contribution < 1.29 is 9.59 Å². The minimum atomic E-state index is -0.370. The van der Waals surface area contributed by atoms with Crippen LogP contribution in [-0.2, 0) is 9.59 Å². The highest BCUT2D eigenvalue weighted by molar-refractivity contribution is 8.04. The standard InChI is InChI=1S/C16H16O2S/c1-16-10-9-13(17)15(12(16)7-8-14(16)18)19-11-5-3-2-4-6-11/h2-6H,7-10H2,1H3/t16-/m0/s1. The maximum atomic E-state index is 12.2. The summed E-state index contributed by atoms with van der Waals surface area (Å²) < 4.78 is 0. The van der Waals surface area contributed by atoms with Gasteiger partial charge in [-0.15, -0.1) is 0 Å². The normalized spacial score (nSPS) is 26.8. The molecule has 0 radical (unpaired) electrons. The molecule has 0 N–H and O–H groups in total. The van der Waals surface area contributed by atoms with E-state index in [-0.39, 0.29) is 11.2 Å². The number of ketones is 2. The van der Waals surface area contributed by atoms with Crippen LogP contribution < -0.4 is 0 Å². The summed E-state index contributed by atoms with van der Waals surface area (Å²) in [7, 11) is 0. The number of carbonyl (C=O) groups is 2. The zero-order valence-corrected chi connectivity index (χ0v) is 11.8. The van der Waals surface area contributed by atoms with Crippen molar-refractivity contribution in [2.75, 3.05) is 0 Å². The van der Waals surface area contributed by atoms with Crippen molar-refractivity contribution in [3.8, 4) is 0 Å². The van der Waals surface area contributed by atoms with E-state index < -0.39 is 0 Å². The van der Waals surface area contributed by atoms with Crippen LogP contribution in [0.4, 0.5) is 0 Å². The van der Waals surface area contributed by atoms with Gasteiger partial charge < -0.3 is 0 Å². The molecule has 1 aromatic carbocycles. The third kappa shape index (κ3) is 2.06. The van der Waals surface area contributed by atoms with Crippen LogP contribution >= 0.6 is 11.8 Å². The third-order valence-corrected chi connectivity index (χ3v) is 5.41. The van der Waals surface area contributed by atoms with E-state index in [2.05, 4.69) is 0 Å². The summed E-state index contributed by atoms with van der Waals surface area (Å²) in [5, 5.41) is 0. The van der Waals surface area contributed by atoms with E-state index in [1.54, 1.807) is 0 Å². The number of hydrogen-bond donors (Lipinski definition) is 0. The van der Waals surface area contributed by atoms with Gasteiger partial charge in [0, 0.05) is 23.2 Å². The topological polar surface area (TPSA) is 34.1 Å². The summed E-state index contributed by atoms with van der Waals surface area (Å²) in [5.41, 5.74) is 0.716. The van der Waals surface area contributed by atoms with Gasteiger partial charge in [-0.2, -0.15) is 0 Å². The Morgan fingerprint density at radius 1 is 1.05 bits per heavy atom. The first kappa shape index (κ1) is 12.7. The molecular formula is C16H16O2S. The lowest BCUT2D eigenvalue weighted by molar-refractivity contribution is -0.125. The minimum Gasteiger partial charge on any atom is -0.299 e. The molecule has 19 heavy (non-hydrogen) atoms. The highest BCUT2D eigenvalue weighted by Crippen LogP contribution is 2.51. The minimum absolute atomic E-state index is 0.205. The number of allylic oxidation sites excluding steroid dienone is 2. The highest BCUT2D eigenvalue weighted by Gasteiger charge is 2.46. The molecule has 0 amide bonds. The molecular weight excluding hydrogens is 256 g/mol. The number of carbonyl (C=O) groups excluding carboxylic acids is 2. The predicted octanol–water partition coefficient (Wildman–Crippen LogP) is 3.76. The molecule has 0 bridgehead atoms. The number of Topliss-reactive ketones (excluding diaryl/α,β-unsaturated/α-hetero) is 2. The summed E-state index contributed by atoms with van der Waals surface area (Å²) in [5.74, 6) is 0.511. The molecule has 3 heteroatoms. The molecule has 2 aliphatic carbocycles. The number of hydrogen-bond acceptors (Lipinski definition) is 3. The predicted molar refractivity (Wildman–Crippen MR) is 75.9 cm³/mol. The molecule has 1 atom stereocenters. The zero-order chi connectivity index (χ0) is 13.5. The van der Waals surface area contributed by atoms with E-state index in [1.165, 1.54) is 11.8 Å². The van der Waals surface area contributed by atoms with Crippen LogP contribution in [0.25, 0.3) is 0 Å². The fraction of sp³-hybridized carbons (Fsp3) is 0.375. The van der Waals surface area contributed by atoms with Gasteiger partial charge in [-0.25, -0.2) is 0 Å². The van der Waals surface area contributed by atoms with Crippen molar-refractivity contribution in [1.29, 1.82) is 0 Å². The molecule has 0 spiro atoms. The Morgan fingerprint density at radius 2 is 1.79 bits per heavy atom. The molecule has 1 saturated carbocycles. The van der Waals surface area contributed by atoms with Gasteiger partial charge in [0.1, 0.15) is 5.78 Å². The second kappa shape index (κ2) is 4.64. The molecule has 1 aromatic rings. The lowest BCUT2D eigenvalue weighted by atomic mass is 9.75. The third-order valence-electron chi connectivity index (χ3n) is 4.23. The Bertz CT molecular complexity index is 574. The van der Waals surface area contributed by atoms with Crippen LogP contribution in [0.3, 0.4) is 0 Å². The van der Waals surface area contributed by atoms with Crippen molar-refractivity contribution >= 4 is 23.3 Å². The Hall–Kier alpha value is -1.35. The van der Waals surface area contributed by atoms with E-state index in [0.717, 1.165) is 21.8 Å². The number of thioether (sulfide) groups is 1. The number of fused-ring (bicyclic) bond motifs is 1. The van der Waals surface area contributed by atoms with Crippen LogP contribution in [0.2, 0.25) is 0 Å². The van der Waals surface area contributed by atoms with Gasteiger partial charge in [-0.3, -0.25) is 9.59 Å². The average Bonchev–Trinajstić information content (AvgIpc) is 2.72. The van der Waals surface area contributed by atoms with Crippen molar-refractivity contribution in [1.82, 2.24) is 0 Å². The van der Waals surface area contributed by atoms with Crippen LogP contribution in [-0.4, -0.2) is 11.6 Å². The second-order valence-electron chi connectivity index (χ2n) is 5.40. The van der Waals surface area contributed by atoms with E-state index in [0.29, 0.717) is 25.0 Å². The van der Waals surface area contributed by atoms with E-state index in [4.69, 9.17) is 0 Å². The van der Waals surface area contributed by atoms with Gasteiger partial charge in [0.2, 0.25) is 0 Å². The first-order valence-electron chi connectivity index (χ1n) is 6.64. The molecule has 0 heterocycles. The lowest BCUT2D eigenvalue weighted by Gasteiger charge is -2.30. The molecule has 0 aromatic heterocycles. The van der Waals surface area contributed by atoms with E-state index in [1.807, 2.05) is 37.3 Å². The van der Waals surface area contributed by atoms with Crippen molar-refractivity contribution in [2.24, 2.45) is 5.41 Å². The summed E-state index contributed by atoms with van der Waals surface area (Å²) in [6, 6.07) is 9.93. The fourth-order valence-corrected chi connectivity index (χ4v) is 4.18. The van der Waals surface area contributed by atoms with Crippen LogP contribution in [0.5, 0.6) is 0 Å². The van der Waals surface area contributed by atoms with Gasteiger partial charge in [0.05, 0.1) is 4.91 Å². The molecule has 0 aliphatic heterocycles. The fourth-order valence-electron chi connectivity index (χ4n) is 2.98. The van der Waals surface area contributed by atoms with Crippen LogP contribution in [0, 0.1) is 5.41 Å². The summed E-state index contributed by atoms with van der Waals surface area (Å²) >= 11 is 1.53. The first-order valence-corrected chi connectivity index (χ1v) is 7.46. The summed E-state index contributed by atoms with van der Waals surface area (Å²) in [6.45, 7) is 2.01. The first-order chi connectivity index (χ1) is 9.11. The molecule has 0 saturated heterocycles. The van der Waals surface area contributed by atoms with Crippen molar-refractivity contribution in [2.45, 2.75) is 37.5 Å². The monoisotopic (exact) mass is 272 g/mol. The summed E-state index contributed by atoms with van der Waals surface area (Å²) in [4.78, 5) is 26.2. The van der Waals surface area contributed by atoms with Gasteiger partial charge >= 0.3 is 0 Å². The van der Waals surface area contributed by atoms with Crippen molar-refractivity contribution in [3.63, 3.8) is 0 Å². The highest BCUT2D eigenvalue weighted by atomic mass is 32.2. The van der Waals surface area contributed by atoms with Gasteiger partial charge in [-0.1, -0.05) is 30.0 Å². The van der Waals surface area contributed by atoms with Crippen molar-refractivity contribution in [3.05, 3.63) is 40.8 Å². The molecule has 0 unspecified atom stereocenters. The van der Waals surface area contributed by atoms with Crippen LogP contribution in [0.1, 0.15) is 32.6 Å². The second-order valence-corrected chi connectivity index (χ2v) is 6.49. The maximum absolute atomic E-state index is 12.2. The smallest absolute Gasteiger partial charge is 0.169 e. The molecule has 1 fully saturated rings. The van der Waals surface area contributed by atoms with Gasteiger partial charge in [0.25, 0.3) is 0 Å². The zero-order valence-electron chi connectivity index (χ0n) is 10.9. The Kier molecular flexibility index (Phi) is 3.09. The Labute approximate surface area is 117 Å². The van der Waals surface area contributed by atoms with Gasteiger partial charge in [0.15, 0.2) is 5.78 Å². The molecule has 3 rings (SSSR count). The van der Waals surface area contributed by atoms with Gasteiger partial charge in [-0.05, 0) is 37.5 Å². The Balaban J connectivity index is 2.02. The average molecular weight is 272 g/mol. The Morgan fingerprint density at radius 3 is 2.53 bits per heavy atom. The quantitative estimate of drug-likeness (QED) is 0.822. The number of benzene rings is 1. The van der Waals surface area contributed by atoms with E-state index in [9.17, 15) is 9.59 Å². The molecule has 2 nitrogen and oxygen atoms in total. The largest absolute Gasteiger partial charge is 0.299 e. The molecule has 2 aliphatic rings. The van der Waals surface area contributed by atoms with E-state index >= 15 is 0 Å². The molecule has 98 valence electrons. The lowest BCUT2D eigenvalue weighted by Crippen LogP contribution is -2.29. The summed E-state index contributed by atoms with van der Waals surface area (Å²) in [6.07, 6.45) is 2.55. The SMILES string of the molecule is C[C@]12CCC(=O)C(Sc3ccccc3)=C1CCC2=O. The maximum Gasteiger partial charge on any atom is 0.169 e.